The molecule has 1 aromatic rings. The van der Waals surface area contributed by atoms with Gasteiger partial charge < -0.3 is 4.55 Å². The van der Waals surface area contributed by atoms with Crippen LogP contribution in [0.3, 0.4) is 0 Å². The van der Waals surface area contributed by atoms with Crippen LogP contribution in [0, 0.1) is 0 Å². The molecule has 0 saturated heterocycles. The molecule has 0 aliphatic heterocycles. The molecule has 0 N–H and O–H groups in total. The second kappa shape index (κ2) is 11.5. The standard InChI is InChI=1S/C14H24N.C4HF9O3S/c1-3-4-5-6-7-8-9-14-10-12-15(2)13-11-14;5-1(6,3(9,10)11)2(7,8)4(12,13)17(14,15)16/h10-13H,3-9H2,1-2H3;(H,14,15,16)/q+1;/p-1. The molecule has 0 atom stereocenters. The summed E-state index contributed by atoms with van der Waals surface area (Å²) in [5.41, 5.74) is 1.48. The van der Waals surface area contributed by atoms with Crippen molar-refractivity contribution < 1.29 is 57.1 Å². The van der Waals surface area contributed by atoms with Gasteiger partial charge in [0.05, 0.1) is 0 Å². The van der Waals surface area contributed by atoms with Gasteiger partial charge in [0.2, 0.25) is 0 Å². The average molecular weight is 505 g/mol. The summed E-state index contributed by atoms with van der Waals surface area (Å²) >= 11 is 0. The first-order valence-corrected chi connectivity index (χ1v) is 10.8. The van der Waals surface area contributed by atoms with Gasteiger partial charge in [-0.15, -0.1) is 0 Å². The molecule has 1 rings (SSSR count). The molecular weight excluding hydrogens is 481 g/mol. The maximum Gasteiger partial charge on any atom is 0.460 e. The monoisotopic (exact) mass is 505 g/mol. The van der Waals surface area contributed by atoms with Gasteiger partial charge in [0.1, 0.15) is 7.05 Å². The molecule has 0 unspecified atom stereocenters. The Kier molecular flexibility index (Phi) is 11.0. The van der Waals surface area contributed by atoms with Gasteiger partial charge in [0.25, 0.3) is 0 Å². The largest absolute Gasteiger partial charge is 0.743 e. The Morgan fingerprint density at radius 1 is 0.812 bits per heavy atom. The fraction of sp³-hybridized carbons (Fsp3) is 0.722. The maximum atomic E-state index is 12.2. The van der Waals surface area contributed by atoms with E-state index in [-0.39, 0.29) is 0 Å². The Labute approximate surface area is 180 Å². The van der Waals surface area contributed by atoms with Crippen LogP contribution < -0.4 is 4.57 Å². The predicted molar refractivity (Wildman–Crippen MR) is 95.3 cm³/mol. The number of aromatic nitrogens is 1. The van der Waals surface area contributed by atoms with Crippen molar-refractivity contribution in [3.63, 3.8) is 0 Å². The summed E-state index contributed by atoms with van der Waals surface area (Å²) in [5, 5.41) is -7.11. The topological polar surface area (TPSA) is 61.1 Å². The third kappa shape index (κ3) is 7.78. The van der Waals surface area contributed by atoms with Crippen molar-refractivity contribution in [3.8, 4) is 0 Å². The minimum atomic E-state index is -7.43. The lowest BCUT2D eigenvalue weighted by molar-refractivity contribution is -0.671. The first-order chi connectivity index (χ1) is 14.3. The van der Waals surface area contributed by atoms with Crippen LogP contribution >= 0.6 is 0 Å². The second-order valence-corrected chi connectivity index (χ2v) is 8.43. The van der Waals surface area contributed by atoms with Crippen LogP contribution in [0.4, 0.5) is 39.5 Å². The van der Waals surface area contributed by atoms with Gasteiger partial charge in [0.15, 0.2) is 22.5 Å². The normalized spacial score (nSPS) is 13.5. The van der Waals surface area contributed by atoms with E-state index in [2.05, 4.69) is 43.1 Å². The molecule has 14 heteroatoms. The molecule has 0 saturated carbocycles. The Bertz CT molecular complexity index is 795. The molecule has 0 fully saturated rings. The highest BCUT2D eigenvalue weighted by Gasteiger charge is 2.83. The van der Waals surface area contributed by atoms with Gasteiger partial charge in [-0.2, -0.15) is 39.5 Å². The van der Waals surface area contributed by atoms with Crippen LogP contribution in [-0.2, 0) is 23.6 Å². The molecule has 0 spiro atoms. The zero-order chi connectivity index (χ0) is 25.4. The quantitative estimate of drug-likeness (QED) is 0.186. The van der Waals surface area contributed by atoms with Gasteiger partial charge in [-0.05, 0) is 18.4 Å². The molecule has 1 aromatic heterocycles. The average Bonchev–Trinajstić information content (AvgIpc) is 2.64. The van der Waals surface area contributed by atoms with Gasteiger partial charge in [-0.3, -0.25) is 0 Å². The SMILES string of the molecule is CCCCCCCCc1cc[n+](C)cc1.O=S(=O)([O-])C(F)(F)C(F)(F)C(F)(F)C(F)(F)F. The summed E-state index contributed by atoms with van der Waals surface area (Å²) in [7, 11) is -5.35. The van der Waals surface area contributed by atoms with E-state index in [9.17, 15) is 52.5 Å². The highest BCUT2D eigenvalue weighted by molar-refractivity contribution is 7.86. The molecule has 188 valence electrons. The highest BCUT2D eigenvalue weighted by atomic mass is 32.2. The van der Waals surface area contributed by atoms with E-state index in [4.69, 9.17) is 0 Å². The number of hydrogen-bond acceptors (Lipinski definition) is 3. The van der Waals surface area contributed by atoms with Gasteiger partial charge in [-0.25, -0.2) is 13.0 Å². The summed E-state index contributed by atoms with van der Waals surface area (Å²) in [6, 6.07) is 4.46. The molecule has 0 bridgehead atoms. The number of unbranched alkanes of at least 4 members (excludes halogenated alkanes) is 5. The van der Waals surface area contributed by atoms with Crippen LogP contribution in [0.25, 0.3) is 0 Å². The van der Waals surface area contributed by atoms with Crippen molar-refractivity contribution in [2.45, 2.75) is 75.1 Å². The van der Waals surface area contributed by atoms with Crippen molar-refractivity contribution in [3.05, 3.63) is 30.1 Å². The Morgan fingerprint density at radius 2 is 1.25 bits per heavy atom. The lowest BCUT2D eigenvalue weighted by Crippen LogP contribution is -2.63. The Hall–Kier alpha value is -1.57. The molecule has 0 aliphatic rings. The number of alkyl halides is 9. The lowest BCUT2D eigenvalue weighted by Gasteiger charge is -2.34. The zero-order valence-electron chi connectivity index (χ0n) is 17.2. The number of nitrogens with zero attached hydrogens (tertiary/aromatic N) is 1. The van der Waals surface area contributed by atoms with Crippen LogP contribution in [0.5, 0.6) is 0 Å². The molecule has 0 amide bonds. The van der Waals surface area contributed by atoms with Crippen molar-refractivity contribution in [1.82, 2.24) is 0 Å². The zero-order valence-corrected chi connectivity index (χ0v) is 18.1. The highest BCUT2D eigenvalue weighted by Crippen LogP contribution is 2.54. The van der Waals surface area contributed by atoms with Crippen LogP contribution in [-0.4, -0.2) is 36.2 Å². The second-order valence-electron chi connectivity index (χ2n) is 7.01. The Balaban J connectivity index is 0.000000604. The van der Waals surface area contributed by atoms with Crippen molar-refractivity contribution in [2.24, 2.45) is 7.05 Å². The number of aryl methyl sites for hydroxylation is 2. The summed E-state index contributed by atoms with van der Waals surface area (Å²) in [6.07, 6.45) is 6.65. The van der Waals surface area contributed by atoms with Crippen molar-refractivity contribution in [1.29, 1.82) is 0 Å². The van der Waals surface area contributed by atoms with E-state index >= 15 is 0 Å². The molecule has 0 radical (unpaired) electrons. The fourth-order valence-corrected chi connectivity index (χ4v) is 2.77. The molecule has 32 heavy (non-hydrogen) atoms. The molecule has 0 aliphatic carbocycles. The minimum absolute atomic E-state index is 1.24. The van der Waals surface area contributed by atoms with Gasteiger partial charge >= 0.3 is 23.3 Å². The summed E-state index contributed by atoms with van der Waals surface area (Å²) in [4.78, 5) is 0. The minimum Gasteiger partial charge on any atom is -0.743 e. The molecule has 1 heterocycles. The summed E-state index contributed by atoms with van der Waals surface area (Å²) < 4.78 is 138. The maximum absolute atomic E-state index is 12.2. The lowest BCUT2D eigenvalue weighted by atomic mass is 10.1. The first-order valence-electron chi connectivity index (χ1n) is 9.42. The van der Waals surface area contributed by atoms with E-state index in [1.165, 1.54) is 50.5 Å². The van der Waals surface area contributed by atoms with E-state index in [0.29, 0.717) is 0 Å². The fourth-order valence-electron chi connectivity index (χ4n) is 2.33. The Morgan fingerprint density at radius 3 is 1.66 bits per heavy atom. The number of rotatable bonds is 10. The third-order valence-electron chi connectivity index (χ3n) is 4.30. The van der Waals surface area contributed by atoms with Gasteiger partial charge in [0, 0.05) is 12.1 Å². The number of halogens is 9. The molecule has 0 aromatic carbocycles. The van der Waals surface area contributed by atoms with Crippen molar-refractivity contribution >= 4 is 10.1 Å². The molecule has 4 nitrogen and oxygen atoms in total. The van der Waals surface area contributed by atoms with E-state index in [1.54, 1.807) is 0 Å². The van der Waals surface area contributed by atoms with E-state index < -0.39 is 33.4 Å². The molecular formula is C18H24F9NO3S. The van der Waals surface area contributed by atoms with Crippen LogP contribution in [0.2, 0.25) is 0 Å². The summed E-state index contributed by atoms with van der Waals surface area (Å²) in [6.45, 7) is 2.27. The number of pyridine rings is 1. The first kappa shape index (κ1) is 30.4. The third-order valence-corrected chi connectivity index (χ3v) is 5.18. The van der Waals surface area contributed by atoms with E-state index in [1.807, 2.05) is 0 Å². The smallest absolute Gasteiger partial charge is 0.460 e. The van der Waals surface area contributed by atoms with Crippen LogP contribution in [0.15, 0.2) is 24.5 Å². The number of hydrogen-bond donors (Lipinski definition) is 0. The van der Waals surface area contributed by atoms with Gasteiger partial charge in [-0.1, -0.05) is 39.0 Å². The predicted octanol–water partition coefficient (Wildman–Crippen LogP) is 5.37. The summed E-state index contributed by atoms with van der Waals surface area (Å²) in [5.74, 6) is -14.8. The van der Waals surface area contributed by atoms with Crippen LogP contribution in [0.1, 0.15) is 51.0 Å². The van der Waals surface area contributed by atoms with Crippen molar-refractivity contribution in [2.75, 3.05) is 0 Å². The van der Waals surface area contributed by atoms with E-state index in [0.717, 1.165) is 0 Å².